The van der Waals surface area contributed by atoms with Gasteiger partial charge < -0.3 is 15.4 Å². The Morgan fingerprint density at radius 3 is 2.39 bits per heavy atom. The number of nitrogens with one attached hydrogen (secondary N) is 2. The summed E-state index contributed by atoms with van der Waals surface area (Å²) < 4.78 is 7.21. The molecule has 6 nitrogen and oxygen atoms in total. The third-order valence-electron chi connectivity index (χ3n) is 4.34. The third-order valence-corrected chi connectivity index (χ3v) is 4.34. The van der Waals surface area contributed by atoms with Gasteiger partial charge >= 0.3 is 6.09 Å². The molecule has 0 aliphatic heterocycles. The molecule has 1 atom stereocenters. The number of aryl methyl sites for hydroxylation is 2. The van der Waals surface area contributed by atoms with Gasteiger partial charge in [0.25, 0.3) is 0 Å². The standard InChI is InChI=1S/C17H30N4O2/c1-10(15-11(2)20-21(7)12(15)3)18-13-8-14(9-13)19-16(22)23-17(4,5)6/h10,13-14,18H,8-9H2,1-7H3,(H,19,22). The van der Waals surface area contributed by atoms with Crippen molar-refractivity contribution < 1.29 is 9.53 Å². The summed E-state index contributed by atoms with van der Waals surface area (Å²) in [5.74, 6) is 0. The molecule has 0 spiro atoms. The van der Waals surface area contributed by atoms with Crippen LogP contribution in [0.4, 0.5) is 4.79 Å². The van der Waals surface area contributed by atoms with Gasteiger partial charge in [0.2, 0.25) is 0 Å². The van der Waals surface area contributed by atoms with Crippen LogP contribution in [0.3, 0.4) is 0 Å². The fourth-order valence-corrected chi connectivity index (χ4v) is 3.20. The summed E-state index contributed by atoms with van der Waals surface area (Å²) in [5.41, 5.74) is 3.10. The summed E-state index contributed by atoms with van der Waals surface area (Å²) in [4.78, 5) is 11.7. The van der Waals surface area contributed by atoms with Crippen molar-refractivity contribution >= 4 is 6.09 Å². The van der Waals surface area contributed by atoms with Crippen LogP contribution in [0, 0.1) is 13.8 Å². The molecule has 1 amide bonds. The molecule has 1 unspecified atom stereocenters. The van der Waals surface area contributed by atoms with Crippen LogP contribution in [-0.2, 0) is 11.8 Å². The highest BCUT2D eigenvalue weighted by molar-refractivity contribution is 5.68. The Morgan fingerprint density at radius 1 is 1.30 bits per heavy atom. The first kappa shape index (κ1) is 17.8. The molecular formula is C17H30N4O2. The first-order chi connectivity index (χ1) is 10.6. The van der Waals surface area contributed by atoms with Crippen LogP contribution in [0.2, 0.25) is 0 Å². The zero-order valence-corrected chi connectivity index (χ0v) is 15.4. The van der Waals surface area contributed by atoms with Crippen molar-refractivity contribution in [3.63, 3.8) is 0 Å². The predicted molar refractivity (Wildman–Crippen MR) is 90.4 cm³/mol. The Bertz CT molecular complexity index is 568. The average molecular weight is 322 g/mol. The van der Waals surface area contributed by atoms with Crippen molar-refractivity contribution in [1.29, 1.82) is 0 Å². The lowest BCUT2D eigenvalue weighted by atomic mass is 9.86. The number of hydrogen-bond acceptors (Lipinski definition) is 4. The van der Waals surface area contributed by atoms with E-state index in [1.165, 1.54) is 11.3 Å². The van der Waals surface area contributed by atoms with Crippen LogP contribution in [-0.4, -0.2) is 33.6 Å². The fourth-order valence-electron chi connectivity index (χ4n) is 3.20. The van der Waals surface area contributed by atoms with Crippen LogP contribution in [0.15, 0.2) is 0 Å². The van der Waals surface area contributed by atoms with Crippen LogP contribution < -0.4 is 10.6 Å². The molecule has 130 valence electrons. The van der Waals surface area contributed by atoms with Crippen LogP contribution >= 0.6 is 0 Å². The Morgan fingerprint density at radius 2 is 1.91 bits per heavy atom. The number of nitrogens with zero attached hydrogens (tertiary/aromatic N) is 2. The largest absolute Gasteiger partial charge is 0.444 e. The van der Waals surface area contributed by atoms with Gasteiger partial charge in [-0.1, -0.05) is 0 Å². The topological polar surface area (TPSA) is 68.2 Å². The fraction of sp³-hybridized carbons (Fsp3) is 0.765. The maximum atomic E-state index is 11.7. The molecule has 1 aliphatic rings. The minimum Gasteiger partial charge on any atom is -0.444 e. The maximum Gasteiger partial charge on any atom is 0.407 e. The summed E-state index contributed by atoms with van der Waals surface area (Å²) in [6, 6.07) is 0.880. The first-order valence-corrected chi connectivity index (χ1v) is 8.32. The summed E-state index contributed by atoms with van der Waals surface area (Å²) in [6.07, 6.45) is 1.54. The highest BCUT2D eigenvalue weighted by atomic mass is 16.6. The lowest BCUT2D eigenvalue weighted by Crippen LogP contribution is -2.53. The summed E-state index contributed by atoms with van der Waals surface area (Å²) in [5, 5.41) is 11.0. The van der Waals surface area contributed by atoms with E-state index in [2.05, 4.69) is 29.6 Å². The summed E-state index contributed by atoms with van der Waals surface area (Å²) >= 11 is 0. The van der Waals surface area contributed by atoms with Gasteiger partial charge in [0.15, 0.2) is 0 Å². The molecule has 0 radical (unpaired) electrons. The molecule has 1 aliphatic carbocycles. The second-order valence-corrected chi connectivity index (χ2v) is 7.61. The van der Waals surface area contributed by atoms with Gasteiger partial charge in [-0.2, -0.15) is 5.10 Å². The first-order valence-electron chi connectivity index (χ1n) is 8.32. The molecule has 1 saturated carbocycles. The number of aromatic nitrogens is 2. The van der Waals surface area contributed by atoms with Gasteiger partial charge in [0, 0.05) is 36.4 Å². The number of amides is 1. The van der Waals surface area contributed by atoms with Crippen LogP contribution in [0.1, 0.15) is 63.5 Å². The second kappa shape index (κ2) is 6.51. The number of rotatable bonds is 4. The minimum absolute atomic E-state index is 0.200. The molecule has 1 aromatic heterocycles. The molecule has 0 saturated heterocycles. The number of carbonyl (C=O) groups excluding carboxylic acids is 1. The Hall–Kier alpha value is -1.56. The van der Waals surface area contributed by atoms with Crippen molar-refractivity contribution in [1.82, 2.24) is 20.4 Å². The van der Waals surface area contributed by atoms with Crippen LogP contribution in [0.5, 0.6) is 0 Å². The highest BCUT2D eigenvalue weighted by Gasteiger charge is 2.33. The van der Waals surface area contributed by atoms with E-state index in [-0.39, 0.29) is 18.2 Å². The van der Waals surface area contributed by atoms with Crippen molar-refractivity contribution in [2.75, 3.05) is 0 Å². The average Bonchev–Trinajstić information content (AvgIpc) is 2.58. The van der Waals surface area contributed by atoms with E-state index < -0.39 is 5.60 Å². The molecule has 23 heavy (non-hydrogen) atoms. The zero-order valence-electron chi connectivity index (χ0n) is 15.4. The molecule has 0 aromatic carbocycles. The zero-order chi connectivity index (χ0) is 17.4. The maximum absolute atomic E-state index is 11.7. The van der Waals surface area contributed by atoms with Gasteiger partial charge in [0.05, 0.1) is 5.69 Å². The SMILES string of the molecule is Cc1nn(C)c(C)c1C(C)NC1CC(NC(=O)OC(C)(C)C)C1. The van der Waals surface area contributed by atoms with Crippen molar-refractivity contribution in [2.24, 2.45) is 7.05 Å². The smallest absolute Gasteiger partial charge is 0.407 e. The lowest BCUT2D eigenvalue weighted by molar-refractivity contribution is 0.0463. The molecule has 2 rings (SSSR count). The number of alkyl carbamates (subject to hydrolysis) is 1. The minimum atomic E-state index is -0.449. The Balaban J connectivity index is 1.79. The van der Waals surface area contributed by atoms with Crippen molar-refractivity contribution in [3.05, 3.63) is 17.0 Å². The number of ether oxygens (including phenoxy) is 1. The van der Waals surface area contributed by atoms with Gasteiger partial charge in [0.1, 0.15) is 5.60 Å². The predicted octanol–water partition coefficient (Wildman–Crippen LogP) is 2.74. The van der Waals surface area contributed by atoms with Gasteiger partial charge in [-0.25, -0.2) is 4.79 Å². The van der Waals surface area contributed by atoms with E-state index in [0.717, 1.165) is 18.5 Å². The highest BCUT2D eigenvalue weighted by Crippen LogP contribution is 2.26. The quantitative estimate of drug-likeness (QED) is 0.894. The van der Waals surface area contributed by atoms with Crippen molar-refractivity contribution in [2.45, 2.75) is 78.1 Å². The molecule has 6 heteroatoms. The molecule has 1 fully saturated rings. The third kappa shape index (κ3) is 4.47. The molecule has 2 N–H and O–H groups in total. The second-order valence-electron chi connectivity index (χ2n) is 7.61. The van der Waals surface area contributed by atoms with E-state index >= 15 is 0 Å². The molecule has 1 aromatic rings. The molecular weight excluding hydrogens is 292 g/mol. The summed E-state index contributed by atoms with van der Waals surface area (Å²) in [7, 11) is 1.97. The Labute approximate surface area is 139 Å². The number of carbonyl (C=O) groups is 1. The lowest BCUT2D eigenvalue weighted by Gasteiger charge is -2.38. The van der Waals surface area contributed by atoms with Gasteiger partial charge in [-0.05, 0) is 54.4 Å². The van der Waals surface area contributed by atoms with Gasteiger partial charge in [-0.3, -0.25) is 4.68 Å². The number of hydrogen-bond donors (Lipinski definition) is 2. The van der Waals surface area contributed by atoms with E-state index in [0.29, 0.717) is 6.04 Å². The monoisotopic (exact) mass is 322 g/mol. The normalized spacial score (nSPS) is 22.4. The summed E-state index contributed by atoms with van der Waals surface area (Å²) in [6.45, 7) is 11.9. The van der Waals surface area contributed by atoms with E-state index in [1.54, 1.807) is 0 Å². The van der Waals surface area contributed by atoms with E-state index in [1.807, 2.05) is 39.4 Å². The Kier molecular flexibility index (Phi) is 5.04. The molecule has 1 heterocycles. The van der Waals surface area contributed by atoms with Crippen LogP contribution in [0.25, 0.3) is 0 Å². The van der Waals surface area contributed by atoms with Crippen molar-refractivity contribution in [3.8, 4) is 0 Å². The van der Waals surface area contributed by atoms with Gasteiger partial charge in [-0.15, -0.1) is 0 Å². The molecule has 0 bridgehead atoms. The van der Waals surface area contributed by atoms with E-state index in [9.17, 15) is 4.79 Å². The van der Waals surface area contributed by atoms with E-state index in [4.69, 9.17) is 4.74 Å².